The summed E-state index contributed by atoms with van der Waals surface area (Å²) in [5.74, 6) is -0.140. The molecule has 2 aromatic carbocycles. The van der Waals surface area contributed by atoms with E-state index in [1.807, 2.05) is 0 Å². The van der Waals surface area contributed by atoms with Crippen LogP contribution in [0.3, 0.4) is 0 Å². The van der Waals surface area contributed by atoms with Gasteiger partial charge in [0.2, 0.25) is 0 Å². The number of hydrogen-bond donors (Lipinski definition) is 1. The van der Waals surface area contributed by atoms with Gasteiger partial charge in [0, 0.05) is 23.6 Å². The van der Waals surface area contributed by atoms with Gasteiger partial charge in [-0.25, -0.2) is 0 Å². The standard InChI is InChI=1S/C16H10ClNO4/c17-14-4-1-9(6-15(14)18(21)22)5-11-7-10-2-3-12(19)8-13(10)16(11)20/h1-6,8,19H,7H2. The highest BCUT2D eigenvalue weighted by molar-refractivity contribution is 6.32. The molecule has 0 aliphatic heterocycles. The van der Waals surface area contributed by atoms with Crippen LogP contribution in [-0.2, 0) is 6.42 Å². The molecule has 0 atom stereocenters. The smallest absolute Gasteiger partial charge is 0.288 e. The fraction of sp³-hybridized carbons (Fsp3) is 0.0625. The number of phenolic OH excluding ortho intramolecular Hbond substituents is 1. The Morgan fingerprint density at radius 3 is 2.73 bits per heavy atom. The molecule has 1 aliphatic carbocycles. The molecule has 1 aliphatic rings. The van der Waals surface area contributed by atoms with Gasteiger partial charge in [0.15, 0.2) is 5.78 Å². The first-order valence-corrected chi connectivity index (χ1v) is 6.84. The van der Waals surface area contributed by atoms with Crippen LogP contribution in [0.4, 0.5) is 5.69 Å². The molecule has 0 radical (unpaired) electrons. The lowest BCUT2D eigenvalue weighted by Crippen LogP contribution is -1.95. The molecule has 0 amide bonds. The van der Waals surface area contributed by atoms with E-state index >= 15 is 0 Å². The molecule has 3 rings (SSSR count). The van der Waals surface area contributed by atoms with Gasteiger partial charge in [0.25, 0.3) is 5.69 Å². The summed E-state index contributed by atoms with van der Waals surface area (Å²) in [6, 6.07) is 9.06. The molecule has 0 heterocycles. The number of nitro groups is 1. The number of carbonyl (C=O) groups is 1. The van der Waals surface area contributed by atoms with E-state index in [4.69, 9.17) is 11.6 Å². The predicted molar refractivity (Wildman–Crippen MR) is 82.2 cm³/mol. The summed E-state index contributed by atoms with van der Waals surface area (Å²) in [6.45, 7) is 0. The largest absolute Gasteiger partial charge is 0.508 e. The molecule has 2 aromatic rings. The maximum absolute atomic E-state index is 12.3. The first-order chi connectivity index (χ1) is 10.5. The van der Waals surface area contributed by atoms with E-state index < -0.39 is 4.92 Å². The number of hydrogen-bond acceptors (Lipinski definition) is 4. The van der Waals surface area contributed by atoms with E-state index in [9.17, 15) is 20.0 Å². The highest BCUT2D eigenvalue weighted by atomic mass is 35.5. The molecule has 0 aromatic heterocycles. The van der Waals surface area contributed by atoms with Crippen LogP contribution in [0.2, 0.25) is 5.02 Å². The molecule has 0 spiro atoms. The Morgan fingerprint density at radius 1 is 1.23 bits per heavy atom. The van der Waals surface area contributed by atoms with Crippen molar-refractivity contribution in [3.8, 4) is 5.75 Å². The van der Waals surface area contributed by atoms with Gasteiger partial charge in [0.1, 0.15) is 10.8 Å². The molecular formula is C16H10ClNO4. The topological polar surface area (TPSA) is 80.4 Å². The quantitative estimate of drug-likeness (QED) is 0.519. The molecule has 0 bridgehead atoms. The van der Waals surface area contributed by atoms with Crippen LogP contribution in [0.15, 0.2) is 42.0 Å². The minimum Gasteiger partial charge on any atom is -0.508 e. The van der Waals surface area contributed by atoms with Crippen LogP contribution in [-0.4, -0.2) is 15.8 Å². The summed E-state index contributed by atoms with van der Waals surface area (Å²) in [5.41, 5.74) is 2.16. The molecule has 0 saturated carbocycles. The third-order valence-corrected chi connectivity index (χ3v) is 3.84. The molecule has 1 N–H and O–H groups in total. The van der Waals surface area contributed by atoms with E-state index in [0.717, 1.165) is 5.56 Å². The van der Waals surface area contributed by atoms with Gasteiger partial charge in [-0.2, -0.15) is 0 Å². The van der Waals surface area contributed by atoms with Crippen molar-refractivity contribution in [3.63, 3.8) is 0 Å². The molecular weight excluding hydrogens is 306 g/mol. The van der Waals surface area contributed by atoms with Crippen LogP contribution in [0.25, 0.3) is 6.08 Å². The van der Waals surface area contributed by atoms with Crippen molar-refractivity contribution in [3.05, 3.63) is 73.8 Å². The highest BCUT2D eigenvalue weighted by Crippen LogP contribution is 2.31. The lowest BCUT2D eigenvalue weighted by Gasteiger charge is -1.99. The van der Waals surface area contributed by atoms with Crippen molar-refractivity contribution in [2.75, 3.05) is 0 Å². The van der Waals surface area contributed by atoms with Crippen LogP contribution < -0.4 is 0 Å². The van der Waals surface area contributed by atoms with Gasteiger partial charge >= 0.3 is 0 Å². The Labute approximate surface area is 130 Å². The third-order valence-electron chi connectivity index (χ3n) is 3.52. The van der Waals surface area contributed by atoms with Gasteiger partial charge in [-0.15, -0.1) is 0 Å². The fourth-order valence-corrected chi connectivity index (χ4v) is 2.65. The molecule has 0 fully saturated rings. The molecule has 0 unspecified atom stereocenters. The van der Waals surface area contributed by atoms with E-state index in [1.54, 1.807) is 18.2 Å². The third kappa shape index (κ3) is 2.46. The average Bonchev–Trinajstić information content (AvgIpc) is 2.77. The summed E-state index contributed by atoms with van der Waals surface area (Å²) in [4.78, 5) is 22.6. The number of nitro benzene ring substituents is 1. The van der Waals surface area contributed by atoms with Crippen LogP contribution in [0, 0.1) is 10.1 Å². The lowest BCUT2D eigenvalue weighted by molar-refractivity contribution is -0.384. The minimum atomic E-state index is -0.562. The Kier molecular flexibility index (Phi) is 3.42. The Balaban J connectivity index is 2.00. The van der Waals surface area contributed by atoms with Crippen molar-refractivity contribution < 1.29 is 14.8 Å². The predicted octanol–water partition coefficient (Wildman–Crippen LogP) is 3.78. The Bertz CT molecular complexity index is 842. The summed E-state index contributed by atoms with van der Waals surface area (Å²) in [7, 11) is 0. The second kappa shape index (κ2) is 5.27. The highest BCUT2D eigenvalue weighted by Gasteiger charge is 2.25. The zero-order valence-electron chi connectivity index (χ0n) is 11.2. The number of carbonyl (C=O) groups excluding carboxylic acids is 1. The summed E-state index contributed by atoms with van der Waals surface area (Å²) < 4.78 is 0. The van der Waals surface area contributed by atoms with Gasteiger partial charge in [-0.3, -0.25) is 14.9 Å². The second-order valence-corrected chi connectivity index (χ2v) is 5.39. The number of Topliss-reactive ketones (excluding diaryl/α,β-unsaturated/α-hetero) is 1. The normalized spacial score (nSPS) is 15.1. The molecule has 5 nitrogen and oxygen atoms in total. The first-order valence-electron chi connectivity index (χ1n) is 6.47. The number of aromatic hydroxyl groups is 1. The number of allylic oxidation sites excluding steroid dienone is 1. The molecule has 22 heavy (non-hydrogen) atoms. The van der Waals surface area contributed by atoms with Crippen molar-refractivity contribution in [1.29, 1.82) is 0 Å². The number of benzene rings is 2. The lowest BCUT2D eigenvalue weighted by atomic mass is 10.1. The number of ketones is 1. The molecule has 6 heteroatoms. The summed E-state index contributed by atoms with van der Waals surface area (Å²) >= 11 is 5.77. The van der Waals surface area contributed by atoms with E-state index in [1.165, 1.54) is 24.3 Å². The average molecular weight is 316 g/mol. The van der Waals surface area contributed by atoms with Gasteiger partial charge < -0.3 is 5.11 Å². The van der Waals surface area contributed by atoms with Crippen LogP contribution in [0.5, 0.6) is 5.75 Å². The number of rotatable bonds is 2. The zero-order valence-corrected chi connectivity index (χ0v) is 12.0. The first kappa shape index (κ1) is 14.3. The number of fused-ring (bicyclic) bond motifs is 1. The fourth-order valence-electron chi connectivity index (χ4n) is 2.47. The van der Waals surface area contributed by atoms with Crippen molar-refractivity contribution >= 4 is 29.1 Å². The van der Waals surface area contributed by atoms with Gasteiger partial charge in [0.05, 0.1) is 4.92 Å². The van der Waals surface area contributed by atoms with Crippen LogP contribution >= 0.6 is 11.6 Å². The van der Waals surface area contributed by atoms with Crippen molar-refractivity contribution in [2.24, 2.45) is 0 Å². The maximum atomic E-state index is 12.3. The Hall–Kier alpha value is -2.66. The van der Waals surface area contributed by atoms with Crippen molar-refractivity contribution in [2.45, 2.75) is 6.42 Å². The van der Waals surface area contributed by atoms with Gasteiger partial charge in [-0.1, -0.05) is 23.7 Å². The molecule has 110 valence electrons. The van der Waals surface area contributed by atoms with E-state index in [0.29, 0.717) is 23.1 Å². The van der Waals surface area contributed by atoms with Crippen LogP contribution in [0.1, 0.15) is 21.5 Å². The SMILES string of the molecule is O=C1C(=Cc2ccc(Cl)c([N+](=O)[O-])c2)Cc2ccc(O)cc21. The zero-order chi connectivity index (χ0) is 15.9. The molecule has 0 saturated heterocycles. The minimum absolute atomic E-state index is 0.0375. The summed E-state index contributed by atoms with van der Waals surface area (Å²) in [6.07, 6.45) is 2.05. The second-order valence-electron chi connectivity index (χ2n) is 4.98. The number of halogens is 1. The number of phenols is 1. The number of nitrogens with zero attached hydrogens (tertiary/aromatic N) is 1. The van der Waals surface area contributed by atoms with Crippen molar-refractivity contribution in [1.82, 2.24) is 0 Å². The Morgan fingerprint density at radius 2 is 2.00 bits per heavy atom. The van der Waals surface area contributed by atoms with E-state index in [-0.39, 0.29) is 22.2 Å². The summed E-state index contributed by atoms with van der Waals surface area (Å²) in [5, 5.41) is 20.4. The van der Waals surface area contributed by atoms with E-state index in [2.05, 4.69) is 0 Å². The monoisotopic (exact) mass is 315 g/mol. The maximum Gasteiger partial charge on any atom is 0.288 e. The van der Waals surface area contributed by atoms with Gasteiger partial charge in [-0.05, 0) is 35.4 Å².